The third-order valence-corrected chi connectivity index (χ3v) is 4.82. The Hall–Kier alpha value is -4.20. The number of rotatable bonds is 9. The number of nitro benzene ring substituents is 1. The number of carbonyl (C=O) groups is 2. The van der Waals surface area contributed by atoms with Crippen LogP contribution in [0.5, 0.6) is 11.5 Å². The van der Waals surface area contributed by atoms with Crippen LogP contribution in [-0.4, -0.2) is 16.8 Å². The molecule has 0 aliphatic heterocycles. The van der Waals surface area contributed by atoms with Crippen LogP contribution in [0, 0.1) is 24.0 Å². The number of nitrogens with one attached hydrogen (secondary N) is 1. The normalized spacial score (nSPS) is 10.4. The molecule has 0 saturated carbocycles. The summed E-state index contributed by atoms with van der Waals surface area (Å²) in [5.74, 6) is 0.310. The number of hydrogen-bond donors (Lipinski definition) is 1. The molecule has 0 spiro atoms. The minimum Gasteiger partial charge on any atom is -0.461 e. The fraction of sp³-hybridized carbons (Fsp3) is 0.200. The largest absolute Gasteiger partial charge is 0.461 e. The molecule has 170 valence electrons. The number of esters is 1. The summed E-state index contributed by atoms with van der Waals surface area (Å²) in [6.45, 7) is 3.97. The van der Waals surface area contributed by atoms with Gasteiger partial charge in [0, 0.05) is 24.2 Å². The number of aryl methyl sites for hydroxylation is 2. The van der Waals surface area contributed by atoms with Crippen LogP contribution in [0.4, 0.5) is 11.4 Å². The highest BCUT2D eigenvalue weighted by molar-refractivity contribution is 5.93. The Bertz CT molecular complexity index is 1140. The molecule has 0 saturated heterocycles. The van der Waals surface area contributed by atoms with Crippen molar-refractivity contribution >= 4 is 23.3 Å². The van der Waals surface area contributed by atoms with Crippen LogP contribution in [0.15, 0.2) is 66.7 Å². The molecule has 3 rings (SSSR count). The van der Waals surface area contributed by atoms with Gasteiger partial charge in [0.15, 0.2) is 0 Å². The molecular weight excluding hydrogens is 424 g/mol. The Morgan fingerprint density at radius 1 is 0.909 bits per heavy atom. The molecule has 1 N–H and O–H groups in total. The van der Waals surface area contributed by atoms with Gasteiger partial charge in [0.1, 0.15) is 18.1 Å². The van der Waals surface area contributed by atoms with Gasteiger partial charge < -0.3 is 14.8 Å². The standard InChI is InChI=1S/C25H24N2O6/c1-17-3-12-23(18(2)15-17)26-24(28)13-14-25(29)32-16-19-4-8-21(9-5-19)33-22-10-6-20(7-11-22)27(30)31/h3-12,15H,13-14,16H2,1-2H3,(H,26,28). The first-order chi connectivity index (χ1) is 15.8. The molecule has 33 heavy (non-hydrogen) atoms. The zero-order valence-electron chi connectivity index (χ0n) is 18.4. The van der Waals surface area contributed by atoms with E-state index < -0.39 is 10.9 Å². The average Bonchev–Trinajstić information content (AvgIpc) is 2.79. The van der Waals surface area contributed by atoms with Gasteiger partial charge >= 0.3 is 5.97 Å². The van der Waals surface area contributed by atoms with Crippen molar-refractivity contribution in [2.45, 2.75) is 33.3 Å². The summed E-state index contributed by atoms with van der Waals surface area (Å²) in [7, 11) is 0. The number of ether oxygens (including phenoxy) is 2. The fourth-order valence-corrected chi connectivity index (χ4v) is 3.04. The predicted molar refractivity (Wildman–Crippen MR) is 123 cm³/mol. The van der Waals surface area contributed by atoms with Crippen molar-refractivity contribution in [2.75, 3.05) is 5.32 Å². The fourth-order valence-electron chi connectivity index (χ4n) is 3.04. The first-order valence-corrected chi connectivity index (χ1v) is 10.3. The van der Waals surface area contributed by atoms with E-state index in [1.165, 1.54) is 24.3 Å². The molecule has 8 nitrogen and oxygen atoms in total. The zero-order chi connectivity index (χ0) is 23.8. The molecule has 0 fully saturated rings. The van der Waals surface area contributed by atoms with Crippen molar-refractivity contribution in [1.82, 2.24) is 0 Å². The Kier molecular flexibility index (Phi) is 7.75. The lowest BCUT2D eigenvalue weighted by molar-refractivity contribution is -0.384. The summed E-state index contributed by atoms with van der Waals surface area (Å²) in [6.07, 6.45) is 0.0201. The number of amides is 1. The Morgan fingerprint density at radius 3 is 2.15 bits per heavy atom. The maximum absolute atomic E-state index is 12.1. The van der Waals surface area contributed by atoms with Crippen LogP contribution in [0.25, 0.3) is 0 Å². The average molecular weight is 448 g/mol. The lowest BCUT2D eigenvalue weighted by atomic mass is 10.1. The molecule has 0 radical (unpaired) electrons. The summed E-state index contributed by atoms with van der Waals surface area (Å²) in [6, 6.07) is 18.4. The SMILES string of the molecule is Cc1ccc(NC(=O)CCC(=O)OCc2ccc(Oc3ccc([N+](=O)[O-])cc3)cc2)c(C)c1. The number of carbonyl (C=O) groups excluding carboxylic acids is 2. The molecular formula is C25H24N2O6. The van der Waals surface area contributed by atoms with Crippen LogP contribution >= 0.6 is 0 Å². The topological polar surface area (TPSA) is 108 Å². The Balaban J connectivity index is 1.41. The smallest absolute Gasteiger partial charge is 0.306 e. The molecule has 0 atom stereocenters. The minimum absolute atomic E-state index is 0.0118. The highest BCUT2D eigenvalue weighted by Gasteiger charge is 2.10. The van der Waals surface area contributed by atoms with Gasteiger partial charge in [-0.2, -0.15) is 0 Å². The van der Waals surface area contributed by atoms with E-state index in [-0.39, 0.29) is 31.0 Å². The second-order valence-electron chi connectivity index (χ2n) is 7.52. The quantitative estimate of drug-likeness (QED) is 0.264. The van der Waals surface area contributed by atoms with Gasteiger partial charge in [0.05, 0.1) is 11.3 Å². The second-order valence-corrected chi connectivity index (χ2v) is 7.52. The summed E-state index contributed by atoms with van der Waals surface area (Å²) in [4.78, 5) is 34.3. The predicted octanol–water partition coefficient (Wildman–Crippen LogP) is 5.47. The van der Waals surface area contributed by atoms with Gasteiger partial charge in [-0.25, -0.2) is 0 Å². The summed E-state index contributed by atoms with van der Waals surface area (Å²) < 4.78 is 10.9. The molecule has 3 aromatic rings. The lowest BCUT2D eigenvalue weighted by Gasteiger charge is -2.09. The second kappa shape index (κ2) is 10.9. The molecule has 0 unspecified atom stereocenters. The number of anilines is 1. The van der Waals surface area contributed by atoms with E-state index in [4.69, 9.17) is 9.47 Å². The zero-order valence-corrected chi connectivity index (χ0v) is 18.4. The van der Waals surface area contributed by atoms with E-state index in [0.717, 1.165) is 22.4 Å². The summed E-state index contributed by atoms with van der Waals surface area (Å²) >= 11 is 0. The molecule has 3 aromatic carbocycles. The lowest BCUT2D eigenvalue weighted by Crippen LogP contribution is -2.15. The van der Waals surface area contributed by atoms with Crippen LogP contribution in [-0.2, 0) is 20.9 Å². The van der Waals surface area contributed by atoms with E-state index in [1.54, 1.807) is 24.3 Å². The number of hydrogen-bond acceptors (Lipinski definition) is 6. The molecule has 0 aliphatic rings. The van der Waals surface area contributed by atoms with Crippen LogP contribution in [0.2, 0.25) is 0 Å². The van der Waals surface area contributed by atoms with E-state index in [1.807, 2.05) is 32.0 Å². The summed E-state index contributed by atoms with van der Waals surface area (Å²) in [5.41, 5.74) is 3.56. The molecule has 0 aliphatic carbocycles. The molecule has 0 aromatic heterocycles. The van der Waals surface area contributed by atoms with Crippen molar-refractivity contribution < 1.29 is 24.0 Å². The van der Waals surface area contributed by atoms with Gasteiger partial charge in [-0.05, 0) is 55.3 Å². The number of nitro groups is 1. The van der Waals surface area contributed by atoms with E-state index >= 15 is 0 Å². The van der Waals surface area contributed by atoms with Crippen molar-refractivity contribution in [3.8, 4) is 11.5 Å². The van der Waals surface area contributed by atoms with Crippen molar-refractivity contribution in [3.63, 3.8) is 0 Å². The Labute approximate surface area is 191 Å². The maximum atomic E-state index is 12.1. The third-order valence-electron chi connectivity index (χ3n) is 4.82. The molecule has 0 bridgehead atoms. The summed E-state index contributed by atoms with van der Waals surface area (Å²) in [5, 5.41) is 13.5. The van der Waals surface area contributed by atoms with Gasteiger partial charge in [-0.3, -0.25) is 19.7 Å². The highest BCUT2D eigenvalue weighted by Crippen LogP contribution is 2.24. The molecule has 8 heteroatoms. The highest BCUT2D eigenvalue weighted by atomic mass is 16.6. The third kappa shape index (κ3) is 7.17. The van der Waals surface area contributed by atoms with E-state index in [9.17, 15) is 19.7 Å². The van der Waals surface area contributed by atoms with Crippen LogP contribution < -0.4 is 10.1 Å². The first-order valence-electron chi connectivity index (χ1n) is 10.3. The van der Waals surface area contributed by atoms with Crippen molar-refractivity contribution in [2.24, 2.45) is 0 Å². The Morgan fingerprint density at radius 2 is 1.55 bits per heavy atom. The maximum Gasteiger partial charge on any atom is 0.306 e. The minimum atomic E-state index is -0.475. The van der Waals surface area contributed by atoms with E-state index in [0.29, 0.717) is 11.5 Å². The van der Waals surface area contributed by atoms with Gasteiger partial charge in [0.25, 0.3) is 5.69 Å². The molecule has 1 amide bonds. The number of nitrogens with zero attached hydrogens (tertiary/aromatic N) is 1. The van der Waals surface area contributed by atoms with Gasteiger partial charge in [-0.1, -0.05) is 29.8 Å². The molecule has 0 heterocycles. The van der Waals surface area contributed by atoms with Crippen molar-refractivity contribution in [3.05, 3.63) is 93.5 Å². The number of non-ortho nitro benzene ring substituents is 1. The van der Waals surface area contributed by atoms with Gasteiger partial charge in [0.2, 0.25) is 5.91 Å². The van der Waals surface area contributed by atoms with Crippen LogP contribution in [0.1, 0.15) is 29.5 Å². The monoisotopic (exact) mass is 448 g/mol. The van der Waals surface area contributed by atoms with Crippen LogP contribution in [0.3, 0.4) is 0 Å². The van der Waals surface area contributed by atoms with Gasteiger partial charge in [-0.15, -0.1) is 0 Å². The number of benzene rings is 3. The first kappa shape index (κ1) is 23.5. The van der Waals surface area contributed by atoms with Crippen molar-refractivity contribution in [1.29, 1.82) is 0 Å². The van der Waals surface area contributed by atoms with E-state index in [2.05, 4.69) is 5.32 Å².